The number of para-hydroxylation sites is 1. The molecule has 0 aliphatic carbocycles. The maximum Gasteiger partial charge on any atom is 0.253 e. The summed E-state index contributed by atoms with van der Waals surface area (Å²) < 4.78 is 27.4. The van der Waals surface area contributed by atoms with Crippen LogP contribution in [0.1, 0.15) is 12.5 Å². The molecule has 0 N–H and O–H groups in total. The van der Waals surface area contributed by atoms with E-state index in [9.17, 15) is 13.2 Å². The van der Waals surface area contributed by atoms with E-state index in [0.29, 0.717) is 10.4 Å². The highest BCUT2D eigenvalue weighted by atomic mass is 32.2. The van der Waals surface area contributed by atoms with Crippen LogP contribution >= 0.6 is 34.9 Å². The molecular formula is C21H17N3O3S4. The van der Waals surface area contributed by atoms with Crippen molar-refractivity contribution in [2.24, 2.45) is 0 Å². The van der Waals surface area contributed by atoms with Gasteiger partial charge in [0.15, 0.2) is 13.8 Å². The van der Waals surface area contributed by atoms with Crippen LogP contribution in [-0.2, 0) is 9.84 Å². The molecule has 1 aromatic carbocycles. The zero-order valence-corrected chi connectivity index (χ0v) is 19.4. The molecule has 1 fully saturated rings. The van der Waals surface area contributed by atoms with Crippen LogP contribution < -0.4 is 5.56 Å². The van der Waals surface area contributed by atoms with Gasteiger partial charge in [-0.3, -0.25) is 9.36 Å². The minimum Gasteiger partial charge on any atom is -0.287 e. The van der Waals surface area contributed by atoms with Gasteiger partial charge in [-0.25, -0.2) is 13.1 Å². The maximum atomic E-state index is 13.0. The highest BCUT2D eigenvalue weighted by Gasteiger charge is 2.30. The average molecular weight is 488 g/mol. The fourth-order valence-corrected chi connectivity index (χ4v) is 7.62. The Balaban J connectivity index is 1.64. The summed E-state index contributed by atoms with van der Waals surface area (Å²) in [6.45, 7) is 0. The fourth-order valence-electron chi connectivity index (χ4n) is 3.75. The van der Waals surface area contributed by atoms with E-state index in [1.165, 1.54) is 15.9 Å². The number of aromatic nitrogens is 3. The van der Waals surface area contributed by atoms with Crippen molar-refractivity contribution in [3.63, 3.8) is 0 Å². The lowest BCUT2D eigenvalue weighted by molar-refractivity contribution is 0.538. The van der Waals surface area contributed by atoms with E-state index < -0.39 is 9.84 Å². The zero-order chi connectivity index (χ0) is 21.6. The second-order valence-electron chi connectivity index (χ2n) is 7.29. The first kappa shape index (κ1) is 20.5. The molecule has 1 saturated heterocycles. The van der Waals surface area contributed by atoms with Gasteiger partial charge in [-0.05, 0) is 42.2 Å². The number of nitrogens with zero attached hydrogens (tertiary/aromatic N) is 3. The lowest BCUT2D eigenvalue weighted by Crippen LogP contribution is -2.25. The normalized spacial score (nSPS) is 17.7. The predicted octanol–water partition coefficient (Wildman–Crippen LogP) is 4.58. The Kier molecular flexibility index (Phi) is 5.25. The van der Waals surface area contributed by atoms with Crippen LogP contribution in [0.15, 0.2) is 64.9 Å². The van der Waals surface area contributed by atoms with Crippen LogP contribution in [0.2, 0.25) is 0 Å². The van der Waals surface area contributed by atoms with Gasteiger partial charge >= 0.3 is 0 Å². The van der Waals surface area contributed by atoms with Crippen LogP contribution in [-0.4, -0.2) is 34.3 Å². The number of rotatable bonds is 4. The molecular weight excluding hydrogens is 471 g/mol. The monoisotopic (exact) mass is 487 g/mol. The van der Waals surface area contributed by atoms with Crippen molar-refractivity contribution in [1.29, 1.82) is 0 Å². The number of hydrogen-bond acceptors (Lipinski definition) is 7. The largest absolute Gasteiger partial charge is 0.287 e. The van der Waals surface area contributed by atoms with Crippen LogP contribution in [0.4, 0.5) is 0 Å². The Morgan fingerprint density at radius 1 is 1.10 bits per heavy atom. The number of sulfone groups is 1. The molecule has 1 unspecified atom stereocenters. The Labute approximate surface area is 192 Å². The SMILES string of the molecule is O=c1cc(-c2cn(-c3ccccc3)nc2-c2cccs2)sc(=S)n1C1CCS(=O)(=O)C1. The molecule has 0 bridgehead atoms. The third-order valence-corrected chi connectivity index (χ3v) is 9.22. The van der Waals surface area contributed by atoms with Gasteiger partial charge in [0, 0.05) is 22.7 Å². The predicted molar refractivity (Wildman–Crippen MR) is 128 cm³/mol. The van der Waals surface area contributed by atoms with Gasteiger partial charge in [0.25, 0.3) is 5.56 Å². The van der Waals surface area contributed by atoms with Crippen molar-refractivity contribution < 1.29 is 8.42 Å². The summed E-state index contributed by atoms with van der Waals surface area (Å²) in [6, 6.07) is 14.9. The molecule has 10 heteroatoms. The van der Waals surface area contributed by atoms with E-state index in [4.69, 9.17) is 17.3 Å². The van der Waals surface area contributed by atoms with Gasteiger partial charge in [0.05, 0.1) is 28.1 Å². The fraction of sp³-hybridized carbons (Fsp3) is 0.190. The van der Waals surface area contributed by atoms with Crippen LogP contribution in [0.5, 0.6) is 0 Å². The minimum atomic E-state index is -3.12. The van der Waals surface area contributed by atoms with Crippen molar-refractivity contribution in [3.8, 4) is 26.7 Å². The van der Waals surface area contributed by atoms with Crippen molar-refractivity contribution in [3.05, 3.63) is 74.4 Å². The van der Waals surface area contributed by atoms with Gasteiger partial charge in [-0.15, -0.1) is 22.7 Å². The van der Waals surface area contributed by atoms with Crippen LogP contribution in [0.3, 0.4) is 0 Å². The third-order valence-electron chi connectivity index (χ3n) is 5.21. The Morgan fingerprint density at radius 2 is 1.90 bits per heavy atom. The van der Waals surface area contributed by atoms with E-state index in [-0.39, 0.29) is 23.1 Å². The molecule has 4 aromatic rings. The first-order chi connectivity index (χ1) is 14.9. The van der Waals surface area contributed by atoms with E-state index in [1.54, 1.807) is 22.1 Å². The molecule has 3 aromatic heterocycles. The molecule has 0 radical (unpaired) electrons. The van der Waals surface area contributed by atoms with Crippen LogP contribution in [0.25, 0.3) is 26.7 Å². The van der Waals surface area contributed by atoms with Crippen molar-refractivity contribution in [1.82, 2.24) is 14.3 Å². The molecule has 0 spiro atoms. The van der Waals surface area contributed by atoms with Gasteiger partial charge in [0.1, 0.15) is 5.69 Å². The van der Waals surface area contributed by atoms with Gasteiger partial charge < -0.3 is 0 Å². The average Bonchev–Trinajstić information content (AvgIpc) is 3.47. The summed E-state index contributed by atoms with van der Waals surface area (Å²) in [5.41, 5.74) is 2.25. The van der Waals surface area contributed by atoms with Crippen molar-refractivity contribution >= 4 is 44.7 Å². The van der Waals surface area contributed by atoms with Crippen molar-refractivity contribution in [2.75, 3.05) is 11.5 Å². The second kappa shape index (κ2) is 7.94. The Hall–Kier alpha value is -2.40. The highest BCUT2D eigenvalue weighted by molar-refractivity contribution is 7.91. The van der Waals surface area contributed by atoms with E-state index in [2.05, 4.69) is 0 Å². The molecule has 0 saturated carbocycles. The number of benzene rings is 1. The molecule has 1 aliphatic rings. The molecule has 0 amide bonds. The molecule has 158 valence electrons. The van der Waals surface area contributed by atoms with E-state index >= 15 is 0 Å². The first-order valence-corrected chi connectivity index (χ1v) is 13.5. The molecule has 4 heterocycles. The standard InChI is InChI=1S/C21H17N3O3S4/c25-19-11-18(30-21(28)24(19)15-8-10-31(26,27)13-15)16-12-23(14-5-2-1-3-6-14)22-20(16)17-7-4-9-29-17/h1-7,9,11-12,15H,8,10,13H2. The quantitative estimate of drug-likeness (QED) is 0.394. The molecule has 1 atom stereocenters. The highest BCUT2D eigenvalue weighted by Crippen LogP contribution is 2.36. The topological polar surface area (TPSA) is 74.0 Å². The Bertz CT molecular complexity index is 1440. The second-order valence-corrected chi connectivity index (χ2v) is 12.1. The molecule has 1 aliphatic heterocycles. The zero-order valence-electron chi connectivity index (χ0n) is 16.2. The number of thiophene rings is 1. The lowest BCUT2D eigenvalue weighted by atomic mass is 10.2. The molecule has 6 nitrogen and oxygen atoms in total. The van der Waals surface area contributed by atoms with Gasteiger partial charge in [0.2, 0.25) is 0 Å². The third kappa shape index (κ3) is 3.96. The molecule has 5 rings (SSSR count). The minimum absolute atomic E-state index is 0.0327. The lowest BCUT2D eigenvalue weighted by Gasteiger charge is -2.12. The van der Waals surface area contributed by atoms with Crippen LogP contribution in [0, 0.1) is 3.95 Å². The summed E-state index contributed by atoms with van der Waals surface area (Å²) >= 11 is 8.43. The maximum absolute atomic E-state index is 13.0. The summed E-state index contributed by atoms with van der Waals surface area (Å²) in [5.74, 6) is 0.0622. The van der Waals surface area contributed by atoms with Gasteiger partial charge in [-0.2, -0.15) is 5.10 Å². The van der Waals surface area contributed by atoms with E-state index in [1.807, 2.05) is 54.0 Å². The molecule has 31 heavy (non-hydrogen) atoms. The summed E-state index contributed by atoms with van der Waals surface area (Å²) in [6.07, 6.45) is 2.33. The first-order valence-electron chi connectivity index (χ1n) is 9.58. The summed E-state index contributed by atoms with van der Waals surface area (Å²) in [4.78, 5) is 14.7. The van der Waals surface area contributed by atoms with Crippen molar-refractivity contribution in [2.45, 2.75) is 12.5 Å². The number of hydrogen-bond donors (Lipinski definition) is 0. The van der Waals surface area contributed by atoms with E-state index in [0.717, 1.165) is 26.7 Å². The summed E-state index contributed by atoms with van der Waals surface area (Å²) in [5, 5.41) is 6.78. The Morgan fingerprint density at radius 3 is 2.55 bits per heavy atom. The smallest absolute Gasteiger partial charge is 0.253 e. The summed E-state index contributed by atoms with van der Waals surface area (Å²) in [7, 11) is -3.12. The van der Waals surface area contributed by atoms with Gasteiger partial charge in [-0.1, -0.05) is 24.3 Å².